The monoisotopic (exact) mass is 349 g/mol. The molecule has 3 aromatic rings. The number of oxazole rings is 1. The van der Waals surface area contributed by atoms with E-state index in [4.69, 9.17) is 9.68 Å². The molecule has 3 rings (SSSR count). The lowest BCUT2D eigenvalue weighted by Crippen LogP contribution is -2.24. The van der Waals surface area contributed by atoms with E-state index < -0.39 is 0 Å². The Hall–Kier alpha value is -3.04. The van der Waals surface area contributed by atoms with E-state index in [9.17, 15) is 4.79 Å². The number of hydrogen-bond donors (Lipinski definition) is 1. The summed E-state index contributed by atoms with van der Waals surface area (Å²) in [7, 11) is 0. The maximum Gasteiger partial charge on any atom is 0.256 e. The second kappa shape index (κ2) is 8.18. The van der Waals surface area contributed by atoms with E-state index in [-0.39, 0.29) is 11.7 Å². The Morgan fingerprint density at radius 2 is 1.92 bits per heavy atom. The fourth-order valence-electron chi connectivity index (χ4n) is 2.14. The van der Waals surface area contributed by atoms with Gasteiger partial charge in [0.15, 0.2) is 0 Å². The van der Waals surface area contributed by atoms with Crippen LogP contribution in [0.5, 0.6) is 0 Å². The number of carbonyl (C=O) groups excluding carboxylic acids is 1. The number of amides is 1. The molecule has 5 nitrogen and oxygen atoms in total. The van der Waals surface area contributed by atoms with Crippen LogP contribution in [-0.4, -0.2) is 16.6 Å². The summed E-state index contributed by atoms with van der Waals surface area (Å²) < 4.78 is 5.40. The van der Waals surface area contributed by atoms with Crippen molar-refractivity contribution in [2.24, 2.45) is 0 Å². The average molecular weight is 349 g/mol. The molecule has 0 aliphatic carbocycles. The van der Waals surface area contributed by atoms with Gasteiger partial charge in [0.05, 0.1) is 17.4 Å². The normalized spacial score (nSPS) is 10.2. The molecule has 0 saturated heterocycles. The van der Waals surface area contributed by atoms with Gasteiger partial charge >= 0.3 is 0 Å². The standard InChI is InChI=1S/C19H15N3O2S/c20-10-14-6-8-15(9-7-14)11-21-18(23)13-25-19-22-17(12-24-19)16-4-2-1-3-5-16/h1-9,12H,11,13H2,(H,21,23). The maximum atomic E-state index is 11.9. The Balaban J connectivity index is 1.47. The highest BCUT2D eigenvalue weighted by molar-refractivity contribution is 7.99. The van der Waals surface area contributed by atoms with E-state index in [1.807, 2.05) is 42.5 Å². The predicted molar refractivity (Wildman–Crippen MR) is 95.7 cm³/mol. The molecule has 1 N–H and O–H groups in total. The fourth-order valence-corrected chi connectivity index (χ4v) is 2.78. The highest BCUT2D eigenvalue weighted by Crippen LogP contribution is 2.23. The first-order valence-electron chi connectivity index (χ1n) is 7.64. The number of rotatable bonds is 6. The predicted octanol–water partition coefficient (Wildman–Crippen LogP) is 3.62. The topological polar surface area (TPSA) is 78.9 Å². The molecule has 0 radical (unpaired) electrons. The van der Waals surface area contributed by atoms with Gasteiger partial charge in [-0.05, 0) is 17.7 Å². The second-order valence-electron chi connectivity index (χ2n) is 5.24. The zero-order valence-corrected chi connectivity index (χ0v) is 14.1. The molecule has 1 heterocycles. The smallest absolute Gasteiger partial charge is 0.256 e. The Kier molecular flexibility index (Phi) is 5.50. The van der Waals surface area contributed by atoms with Crippen molar-refractivity contribution in [3.05, 3.63) is 72.0 Å². The zero-order chi connectivity index (χ0) is 17.5. The lowest BCUT2D eigenvalue weighted by Gasteiger charge is -2.04. The van der Waals surface area contributed by atoms with Gasteiger partial charge in [-0.1, -0.05) is 54.2 Å². The third-order valence-corrected chi connectivity index (χ3v) is 4.29. The number of hydrogen-bond acceptors (Lipinski definition) is 5. The Bertz CT molecular complexity index is 883. The van der Waals surface area contributed by atoms with Crippen LogP contribution in [0.2, 0.25) is 0 Å². The lowest BCUT2D eigenvalue weighted by atomic mass is 10.1. The fraction of sp³-hybridized carbons (Fsp3) is 0.105. The van der Waals surface area contributed by atoms with Crippen LogP contribution in [0.1, 0.15) is 11.1 Å². The van der Waals surface area contributed by atoms with E-state index in [2.05, 4.69) is 16.4 Å². The molecule has 124 valence electrons. The van der Waals surface area contributed by atoms with Crippen molar-refractivity contribution in [1.82, 2.24) is 10.3 Å². The van der Waals surface area contributed by atoms with Crippen LogP contribution < -0.4 is 5.32 Å². The van der Waals surface area contributed by atoms with Crippen molar-refractivity contribution >= 4 is 17.7 Å². The molecule has 1 aromatic heterocycles. The van der Waals surface area contributed by atoms with Gasteiger partial charge in [0.25, 0.3) is 5.22 Å². The number of carbonyl (C=O) groups is 1. The van der Waals surface area contributed by atoms with Crippen molar-refractivity contribution in [2.75, 3.05) is 5.75 Å². The van der Waals surface area contributed by atoms with E-state index in [0.717, 1.165) is 16.8 Å². The van der Waals surface area contributed by atoms with Gasteiger partial charge in [-0.3, -0.25) is 4.79 Å². The van der Waals surface area contributed by atoms with Gasteiger partial charge in [-0.15, -0.1) is 0 Å². The van der Waals surface area contributed by atoms with E-state index >= 15 is 0 Å². The molecule has 1 amide bonds. The van der Waals surface area contributed by atoms with Gasteiger partial charge in [0, 0.05) is 12.1 Å². The van der Waals surface area contributed by atoms with E-state index in [1.54, 1.807) is 18.4 Å². The summed E-state index contributed by atoms with van der Waals surface area (Å²) in [5.41, 5.74) is 3.27. The molecule has 0 fully saturated rings. The lowest BCUT2D eigenvalue weighted by molar-refractivity contribution is -0.118. The number of nitrogens with one attached hydrogen (secondary N) is 1. The molecule has 0 saturated carbocycles. The average Bonchev–Trinajstić information content (AvgIpc) is 3.15. The molecule has 0 spiro atoms. The van der Waals surface area contributed by atoms with Crippen LogP contribution in [0, 0.1) is 11.3 Å². The summed E-state index contributed by atoms with van der Waals surface area (Å²) in [5, 5.41) is 12.1. The van der Waals surface area contributed by atoms with Crippen LogP contribution in [0.15, 0.2) is 70.5 Å². The Labute approximate surface area is 149 Å². The first kappa shape index (κ1) is 16.8. The van der Waals surface area contributed by atoms with Crippen LogP contribution in [0.4, 0.5) is 0 Å². The van der Waals surface area contributed by atoms with E-state index in [0.29, 0.717) is 17.3 Å². The SMILES string of the molecule is N#Cc1ccc(CNC(=O)CSc2nc(-c3ccccc3)co2)cc1. The summed E-state index contributed by atoms with van der Waals surface area (Å²) in [6, 6.07) is 18.9. The molecule has 0 bridgehead atoms. The number of thioether (sulfide) groups is 1. The van der Waals surface area contributed by atoms with Gasteiger partial charge in [0.2, 0.25) is 5.91 Å². The quantitative estimate of drug-likeness (QED) is 0.688. The molecule has 0 aliphatic heterocycles. The summed E-state index contributed by atoms with van der Waals surface area (Å²) in [4.78, 5) is 16.3. The second-order valence-corrected chi connectivity index (χ2v) is 6.17. The third kappa shape index (κ3) is 4.72. The van der Waals surface area contributed by atoms with Crippen LogP contribution >= 0.6 is 11.8 Å². The summed E-state index contributed by atoms with van der Waals surface area (Å²) in [6.45, 7) is 0.423. The summed E-state index contributed by atoms with van der Waals surface area (Å²) in [5.74, 6) is 0.124. The number of aromatic nitrogens is 1. The summed E-state index contributed by atoms with van der Waals surface area (Å²) >= 11 is 1.25. The molecule has 0 aliphatic rings. The van der Waals surface area contributed by atoms with Crippen molar-refractivity contribution in [3.8, 4) is 17.3 Å². The van der Waals surface area contributed by atoms with E-state index in [1.165, 1.54) is 11.8 Å². The van der Waals surface area contributed by atoms with Crippen molar-refractivity contribution in [1.29, 1.82) is 5.26 Å². The number of nitrogens with zero attached hydrogens (tertiary/aromatic N) is 2. The summed E-state index contributed by atoms with van der Waals surface area (Å²) in [6.07, 6.45) is 1.59. The van der Waals surface area contributed by atoms with Crippen LogP contribution in [0.3, 0.4) is 0 Å². The van der Waals surface area contributed by atoms with Crippen LogP contribution in [0.25, 0.3) is 11.3 Å². The molecular weight excluding hydrogens is 334 g/mol. The zero-order valence-electron chi connectivity index (χ0n) is 13.3. The van der Waals surface area contributed by atoms with Gasteiger partial charge in [-0.25, -0.2) is 4.98 Å². The highest BCUT2D eigenvalue weighted by atomic mass is 32.2. The largest absolute Gasteiger partial charge is 0.439 e. The van der Waals surface area contributed by atoms with Gasteiger partial charge < -0.3 is 9.73 Å². The van der Waals surface area contributed by atoms with Gasteiger partial charge in [0.1, 0.15) is 12.0 Å². The van der Waals surface area contributed by atoms with Crippen LogP contribution in [-0.2, 0) is 11.3 Å². The minimum absolute atomic E-state index is 0.103. The minimum Gasteiger partial charge on any atom is -0.439 e. The Morgan fingerprint density at radius 3 is 2.64 bits per heavy atom. The third-order valence-electron chi connectivity index (χ3n) is 3.45. The van der Waals surface area contributed by atoms with Gasteiger partial charge in [-0.2, -0.15) is 5.26 Å². The molecule has 0 atom stereocenters. The Morgan fingerprint density at radius 1 is 1.16 bits per heavy atom. The molecule has 25 heavy (non-hydrogen) atoms. The maximum absolute atomic E-state index is 11.9. The van der Waals surface area contributed by atoms with Crippen molar-refractivity contribution < 1.29 is 9.21 Å². The highest BCUT2D eigenvalue weighted by Gasteiger charge is 2.09. The molecule has 6 heteroatoms. The molecular formula is C19H15N3O2S. The van der Waals surface area contributed by atoms with Crippen molar-refractivity contribution in [2.45, 2.75) is 11.8 Å². The molecule has 0 unspecified atom stereocenters. The molecule has 2 aromatic carbocycles. The first-order chi connectivity index (χ1) is 12.2. The first-order valence-corrected chi connectivity index (χ1v) is 8.62. The number of nitriles is 1. The van der Waals surface area contributed by atoms with Crippen molar-refractivity contribution in [3.63, 3.8) is 0 Å². The number of benzene rings is 2. The minimum atomic E-state index is -0.103.